The van der Waals surface area contributed by atoms with Gasteiger partial charge in [-0.05, 0) is 25.0 Å². The Morgan fingerprint density at radius 1 is 1.22 bits per heavy atom. The number of nitrogens with one attached hydrogen (secondary N) is 2. The molecule has 4 rings (SSSR count). The van der Waals surface area contributed by atoms with Gasteiger partial charge in [-0.1, -0.05) is 25.3 Å². The van der Waals surface area contributed by atoms with Gasteiger partial charge in [0, 0.05) is 17.8 Å². The van der Waals surface area contributed by atoms with Crippen LogP contribution in [-0.2, 0) is 0 Å². The number of nitrogens with zero attached hydrogens (tertiary/aromatic N) is 3. The number of fused-ring (bicyclic) bond motifs is 1. The third-order valence-corrected chi connectivity index (χ3v) is 5.18. The zero-order valence-corrected chi connectivity index (χ0v) is 15.6. The minimum atomic E-state index is 0.392. The van der Waals surface area contributed by atoms with Gasteiger partial charge in [-0.2, -0.15) is 5.26 Å². The number of methoxy groups -OCH3 is 2. The van der Waals surface area contributed by atoms with Crippen LogP contribution >= 0.6 is 0 Å². The molecule has 7 nitrogen and oxygen atoms in total. The van der Waals surface area contributed by atoms with Crippen molar-refractivity contribution in [2.24, 2.45) is 0 Å². The number of imidazole rings is 1. The van der Waals surface area contributed by atoms with Crippen molar-refractivity contribution in [2.75, 3.05) is 19.5 Å². The van der Waals surface area contributed by atoms with E-state index in [2.05, 4.69) is 16.5 Å². The second-order valence-electron chi connectivity index (χ2n) is 6.79. The van der Waals surface area contributed by atoms with Crippen LogP contribution in [-0.4, -0.2) is 34.9 Å². The number of aromatic nitrogens is 3. The summed E-state index contributed by atoms with van der Waals surface area (Å²) in [5.41, 5.74) is 2.70. The number of para-hydroxylation sites is 1. The lowest BCUT2D eigenvalue weighted by molar-refractivity contribution is 0.356. The lowest BCUT2D eigenvalue weighted by atomic mass is 9.95. The minimum Gasteiger partial charge on any atom is -0.493 e. The van der Waals surface area contributed by atoms with Gasteiger partial charge in [0.2, 0.25) is 0 Å². The number of anilines is 1. The summed E-state index contributed by atoms with van der Waals surface area (Å²) in [7, 11) is 3.24. The van der Waals surface area contributed by atoms with Crippen molar-refractivity contribution < 1.29 is 9.47 Å². The maximum atomic E-state index is 9.41. The van der Waals surface area contributed by atoms with Gasteiger partial charge in [-0.25, -0.2) is 9.50 Å². The van der Waals surface area contributed by atoms with Gasteiger partial charge >= 0.3 is 0 Å². The quantitative estimate of drug-likeness (QED) is 0.714. The van der Waals surface area contributed by atoms with Crippen molar-refractivity contribution in [3.63, 3.8) is 0 Å². The summed E-state index contributed by atoms with van der Waals surface area (Å²) < 4.78 is 12.9. The van der Waals surface area contributed by atoms with E-state index in [1.54, 1.807) is 20.4 Å². The smallest absolute Gasteiger partial charge is 0.173 e. The topological polar surface area (TPSA) is 87.4 Å². The minimum absolute atomic E-state index is 0.392. The molecule has 0 spiro atoms. The molecule has 1 aliphatic rings. The summed E-state index contributed by atoms with van der Waals surface area (Å²) in [6.45, 7) is 0. The normalized spacial score (nSPS) is 14.9. The molecule has 1 aromatic carbocycles. The van der Waals surface area contributed by atoms with Crippen LogP contribution in [0.1, 0.15) is 37.7 Å². The third kappa shape index (κ3) is 2.97. The Labute approximate surface area is 157 Å². The van der Waals surface area contributed by atoms with E-state index in [4.69, 9.17) is 14.5 Å². The number of hydrogen-bond acceptors (Lipinski definition) is 5. The van der Waals surface area contributed by atoms with E-state index >= 15 is 0 Å². The fraction of sp³-hybridized carbons (Fsp3) is 0.400. The highest BCUT2D eigenvalue weighted by Gasteiger charge is 2.24. The van der Waals surface area contributed by atoms with Crippen molar-refractivity contribution in [2.45, 2.75) is 38.1 Å². The maximum absolute atomic E-state index is 9.41. The molecular weight excluding hydrogens is 342 g/mol. The molecule has 0 amide bonds. The van der Waals surface area contributed by atoms with E-state index < -0.39 is 0 Å². The zero-order chi connectivity index (χ0) is 18.8. The highest BCUT2D eigenvalue weighted by Crippen LogP contribution is 2.41. The first-order valence-electron chi connectivity index (χ1n) is 9.24. The Morgan fingerprint density at radius 2 is 2.04 bits per heavy atom. The first-order valence-corrected chi connectivity index (χ1v) is 9.24. The molecule has 0 atom stereocenters. The predicted molar refractivity (Wildman–Crippen MR) is 103 cm³/mol. The van der Waals surface area contributed by atoms with Gasteiger partial charge in [-0.3, -0.25) is 5.10 Å². The van der Waals surface area contributed by atoms with Crippen LogP contribution in [0.15, 0.2) is 24.4 Å². The molecule has 2 aromatic heterocycles. The molecule has 140 valence electrons. The van der Waals surface area contributed by atoms with Gasteiger partial charge in [0.1, 0.15) is 17.3 Å². The monoisotopic (exact) mass is 365 g/mol. The highest BCUT2D eigenvalue weighted by atomic mass is 16.5. The van der Waals surface area contributed by atoms with Crippen molar-refractivity contribution in [3.8, 4) is 28.8 Å². The van der Waals surface area contributed by atoms with Crippen molar-refractivity contribution in [1.29, 1.82) is 5.26 Å². The Kier molecular flexibility index (Phi) is 4.63. The van der Waals surface area contributed by atoms with Crippen LogP contribution in [0.5, 0.6) is 11.5 Å². The summed E-state index contributed by atoms with van der Waals surface area (Å²) in [6, 6.07) is 8.33. The fourth-order valence-electron chi connectivity index (χ4n) is 3.84. The third-order valence-electron chi connectivity index (χ3n) is 5.18. The molecule has 2 heterocycles. The first-order chi connectivity index (χ1) is 13.3. The number of hydrogen-bond donors (Lipinski definition) is 2. The van der Waals surface area contributed by atoms with Gasteiger partial charge in [-0.15, -0.1) is 0 Å². The van der Waals surface area contributed by atoms with E-state index in [1.165, 1.54) is 19.3 Å². The van der Waals surface area contributed by atoms with Crippen LogP contribution in [0.2, 0.25) is 0 Å². The van der Waals surface area contributed by atoms with Gasteiger partial charge in [0.25, 0.3) is 0 Å². The maximum Gasteiger partial charge on any atom is 0.173 e. The Hall–Kier alpha value is -3.14. The van der Waals surface area contributed by atoms with Crippen molar-refractivity contribution in [1.82, 2.24) is 14.6 Å². The lowest BCUT2D eigenvalue weighted by Crippen LogP contribution is -2.23. The van der Waals surface area contributed by atoms with Crippen LogP contribution in [0, 0.1) is 11.3 Å². The van der Waals surface area contributed by atoms with Crippen molar-refractivity contribution >= 4 is 11.5 Å². The Bertz CT molecular complexity index is 992. The number of benzene rings is 1. The summed E-state index contributed by atoms with van der Waals surface area (Å²) in [5, 5.41) is 16.2. The molecule has 1 fully saturated rings. The summed E-state index contributed by atoms with van der Waals surface area (Å²) in [4.78, 5) is 4.77. The molecule has 0 bridgehead atoms. The molecule has 3 aromatic rings. The predicted octanol–water partition coefficient (Wildman–Crippen LogP) is 3.96. The second-order valence-corrected chi connectivity index (χ2v) is 6.79. The standard InChI is InChI=1S/C20H23N5O2/c1-26-16-10-6-9-15(18(16)27-2)17-20(23-14-7-4-3-5-8-14)25-19(24-17)13(11-21)12-22-25/h6,9-10,12,14,22-23H,3-5,7-8H2,1-2H3. The van der Waals surface area contributed by atoms with Crippen molar-refractivity contribution in [3.05, 3.63) is 30.0 Å². The summed E-state index contributed by atoms with van der Waals surface area (Å²) in [6.07, 6.45) is 7.69. The largest absolute Gasteiger partial charge is 0.493 e. The van der Waals surface area contributed by atoms with Gasteiger partial charge < -0.3 is 14.8 Å². The average Bonchev–Trinajstić information content (AvgIpc) is 3.27. The number of nitriles is 1. The van der Waals surface area contributed by atoms with Crippen LogP contribution in [0.3, 0.4) is 0 Å². The zero-order valence-electron chi connectivity index (χ0n) is 15.6. The number of rotatable bonds is 5. The molecule has 1 aliphatic carbocycles. The Morgan fingerprint density at radius 3 is 2.74 bits per heavy atom. The average molecular weight is 365 g/mol. The van der Waals surface area contributed by atoms with Crippen LogP contribution in [0.25, 0.3) is 16.9 Å². The number of aromatic amines is 1. The van der Waals surface area contributed by atoms with E-state index in [1.807, 2.05) is 22.7 Å². The Balaban J connectivity index is 1.88. The molecular formula is C20H23N5O2. The lowest BCUT2D eigenvalue weighted by Gasteiger charge is -2.24. The van der Waals surface area contributed by atoms with Crippen LogP contribution in [0.4, 0.5) is 5.82 Å². The van der Waals surface area contributed by atoms with E-state index in [9.17, 15) is 5.26 Å². The number of ether oxygens (including phenoxy) is 2. The molecule has 0 aliphatic heterocycles. The molecule has 7 heteroatoms. The van der Waals surface area contributed by atoms with Crippen LogP contribution < -0.4 is 14.8 Å². The van der Waals surface area contributed by atoms with Gasteiger partial charge in [0.15, 0.2) is 23.0 Å². The highest BCUT2D eigenvalue weighted by molar-refractivity contribution is 5.83. The SMILES string of the molecule is COc1cccc(-c2nc3c(C#N)c[nH]n3c2NC2CCCCC2)c1OC. The van der Waals surface area contributed by atoms with E-state index in [0.29, 0.717) is 28.8 Å². The molecule has 0 unspecified atom stereocenters. The molecule has 27 heavy (non-hydrogen) atoms. The molecule has 0 saturated heterocycles. The summed E-state index contributed by atoms with van der Waals surface area (Å²) >= 11 is 0. The van der Waals surface area contributed by atoms with Gasteiger partial charge in [0.05, 0.1) is 14.2 Å². The molecule has 2 N–H and O–H groups in total. The van der Waals surface area contributed by atoms with E-state index in [0.717, 1.165) is 29.9 Å². The second kappa shape index (κ2) is 7.23. The first kappa shape index (κ1) is 17.3. The molecule has 1 saturated carbocycles. The summed E-state index contributed by atoms with van der Waals surface area (Å²) in [5.74, 6) is 2.13. The fourth-order valence-corrected chi connectivity index (χ4v) is 3.84. The molecule has 0 radical (unpaired) electrons. The number of H-pyrrole nitrogens is 1. The van der Waals surface area contributed by atoms with E-state index in [-0.39, 0.29) is 0 Å².